The normalized spacial score (nSPS) is 41.4. The minimum Gasteiger partial charge on any atom is -0.394 e. The first-order valence-electron chi connectivity index (χ1n) is 32.7. The lowest BCUT2D eigenvalue weighted by atomic mass is 9.95. The van der Waals surface area contributed by atoms with E-state index < -0.39 is 203 Å². The molecule has 0 aromatic rings. The fourth-order valence-corrected chi connectivity index (χ4v) is 11.7. The lowest BCUT2D eigenvalue weighted by Crippen LogP contribution is -2.65. The first-order chi connectivity index (χ1) is 44.5. The molecule has 6 rings (SSSR count). The minimum absolute atomic E-state index is 0.305. The largest absolute Gasteiger partial charge is 0.394 e. The number of aliphatic hydroxyl groups excluding tert-OH is 15. The van der Waals surface area contributed by atoms with Crippen LogP contribution in [0.3, 0.4) is 0 Å². The number of aliphatic hydroxyl groups is 15. The third-order valence-corrected chi connectivity index (χ3v) is 17.2. The molecule has 30 atom stereocenters. The lowest BCUT2D eigenvalue weighted by molar-refractivity contribution is -0.339. The fourth-order valence-electron chi connectivity index (χ4n) is 11.7. The van der Waals surface area contributed by atoms with E-state index in [2.05, 4.69) is 38.8 Å². The number of methoxy groups -OCH3 is 3. The molecular formula is C58H118N8O27. The highest BCUT2D eigenvalue weighted by atomic mass is 16.7. The van der Waals surface area contributed by atoms with Gasteiger partial charge in [0.2, 0.25) is 0 Å². The Morgan fingerprint density at radius 3 is 0.892 bits per heavy atom. The standard InChI is InChI=1S/C20H41N3O9.C20H40N2O9.C18H37N3O9/c1-11-14(25)15(26)19(13(10-24)30-11)32-20-17(28)16(27)18(29-2)12(31-20)9-23-8-4-7-22-6-3-5-21;1-4-6-21-7-5-8-22-9-12-18(28-3)16(26)17(27)20(30-12)31-19-13(10-23)29-11(2)14(24)15(19)25;1-9-12(23)13(24)17(11(8-22)28-9)30-18-15(26)14(25)16(27-2)10(29-18)7-21-6-5-20-4-3-19/h11-20,22-28H,3-10,21H2,1-2H3;11-27H,4-10H2,1-3H3;9-18,20-26H,3-8,19H2,1-2H3/t2*11-,12-,13-,14+,15-,16-,17-,18-,19?,20-;9-,10-,11-,12+,13-,14-,15-,16-,17?,18-/m111/s1. The Balaban J connectivity index is 0.000000297. The third-order valence-electron chi connectivity index (χ3n) is 17.2. The van der Waals surface area contributed by atoms with Gasteiger partial charge in [-0.1, -0.05) is 6.92 Å². The van der Waals surface area contributed by atoms with Crippen molar-refractivity contribution >= 4 is 0 Å². The predicted molar refractivity (Wildman–Crippen MR) is 329 cm³/mol. The van der Waals surface area contributed by atoms with E-state index in [-0.39, 0.29) is 0 Å². The Morgan fingerprint density at radius 1 is 0.312 bits per heavy atom. The molecule has 0 aliphatic carbocycles. The van der Waals surface area contributed by atoms with E-state index in [4.69, 9.17) is 68.3 Å². The lowest BCUT2D eigenvalue weighted by Gasteiger charge is -2.46. The molecule has 25 N–H and O–H groups in total. The van der Waals surface area contributed by atoms with Gasteiger partial charge in [-0.15, -0.1) is 0 Å². The second-order valence-electron chi connectivity index (χ2n) is 24.1. The molecule has 6 fully saturated rings. The van der Waals surface area contributed by atoms with Gasteiger partial charge >= 0.3 is 0 Å². The molecule has 6 heterocycles. The number of hydrogen-bond donors (Lipinski definition) is 23. The Labute approximate surface area is 545 Å². The number of rotatable bonds is 36. The molecule has 0 radical (unpaired) electrons. The van der Waals surface area contributed by atoms with Crippen LogP contribution in [0.5, 0.6) is 0 Å². The second-order valence-corrected chi connectivity index (χ2v) is 24.1. The minimum atomic E-state index is -1.47. The average Bonchev–Trinajstić information content (AvgIpc) is 0.856. The summed E-state index contributed by atoms with van der Waals surface area (Å²) in [5, 5.41) is 173. The predicted octanol–water partition coefficient (Wildman–Crippen LogP) is -11.0. The summed E-state index contributed by atoms with van der Waals surface area (Å²) >= 11 is 0. The maximum atomic E-state index is 10.5. The SMILES string of the molecule is CCCNCCCNC[C@H]1O[C@H](OC2[C@@H](CO)O[C@H](C)[C@H](O)[C@H]2O)[C@H](O)[C@@H](O)[C@@H]1OC.CO[C@H]1[C@H](O)[C@@H](O)[C@@H](OC2[C@@H](CO)O[C@H](C)[C@H](O)[C@H]2O)O[C@@H]1CNCCCNCCCN.CO[C@H]1[C@H](O)[C@@H](O)[C@@H](OC2[C@@H](CO)O[C@H](C)[C@H](O)[C@H]2O)O[C@@H]1CNCCNCCN. The maximum absolute atomic E-state index is 10.5. The van der Waals surface area contributed by atoms with E-state index in [1.165, 1.54) is 21.3 Å². The highest BCUT2D eigenvalue weighted by Gasteiger charge is 2.54. The topological polar surface area (TPSA) is 538 Å². The van der Waals surface area contributed by atoms with E-state index in [9.17, 15) is 76.6 Å². The van der Waals surface area contributed by atoms with Crippen molar-refractivity contribution in [2.45, 2.75) is 237 Å². The van der Waals surface area contributed by atoms with Crippen LogP contribution in [-0.2, 0) is 56.8 Å². The third kappa shape index (κ3) is 24.7. The van der Waals surface area contributed by atoms with Crippen molar-refractivity contribution in [1.29, 1.82) is 0 Å². The van der Waals surface area contributed by atoms with Crippen LogP contribution in [0.25, 0.3) is 0 Å². The van der Waals surface area contributed by atoms with Crippen molar-refractivity contribution in [1.82, 2.24) is 31.9 Å². The van der Waals surface area contributed by atoms with Gasteiger partial charge < -0.3 is 177 Å². The molecule has 0 aromatic heterocycles. The van der Waals surface area contributed by atoms with Gasteiger partial charge in [0.15, 0.2) is 18.9 Å². The monoisotopic (exact) mass is 1360 g/mol. The van der Waals surface area contributed by atoms with Gasteiger partial charge in [-0.3, -0.25) is 0 Å². The Morgan fingerprint density at radius 2 is 0.591 bits per heavy atom. The van der Waals surface area contributed by atoms with Gasteiger partial charge in [-0.25, -0.2) is 0 Å². The zero-order valence-corrected chi connectivity index (χ0v) is 54.9. The van der Waals surface area contributed by atoms with Gasteiger partial charge in [0.1, 0.15) is 146 Å². The first-order valence-corrected chi connectivity index (χ1v) is 32.7. The van der Waals surface area contributed by atoms with E-state index in [1.54, 1.807) is 20.8 Å². The van der Waals surface area contributed by atoms with Crippen LogP contribution in [-0.4, -0.2) is 393 Å². The zero-order valence-electron chi connectivity index (χ0n) is 54.9. The molecule has 3 unspecified atom stereocenters. The summed E-state index contributed by atoms with van der Waals surface area (Å²) in [5.41, 5.74) is 10.9. The van der Waals surface area contributed by atoms with Crippen molar-refractivity contribution in [3.8, 4) is 0 Å². The maximum Gasteiger partial charge on any atom is 0.187 e. The van der Waals surface area contributed by atoms with Crippen molar-refractivity contribution in [3.05, 3.63) is 0 Å². The van der Waals surface area contributed by atoms with E-state index in [1.807, 2.05) is 0 Å². The van der Waals surface area contributed by atoms with Crippen molar-refractivity contribution in [2.24, 2.45) is 11.5 Å². The quantitative estimate of drug-likeness (QED) is 0.0259. The highest BCUT2D eigenvalue weighted by Crippen LogP contribution is 2.33. The van der Waals surface area contributed by atoms with Gasteiger partial charge in [0, 0.05) is 67.1 Å². The summed E-state index contributed by atoms with van der Waals surface area (Å²) in [6.45, 7) is 14.6. The molecule has 0 saturated carbocycles. The summed E-state index contributed by atoms with van der Waals surface area (Å²) in [5.74, 6) is 0. The fraction of sp³-hybridized carbons (Fsp3) is 1.00. The Kier molecular flexibility index (Phi) is 40.4. The van der Waals surface area contributed by atoms with Crippen molar-refractivity contribution in [3.63, 3.8) is 0 Å². The molecule has 6 saturated heterocycles. The number of ether oxygens (including phenoxy) is 12. The number of nitrogens with two attached hydrogens (primary N) is 2. The molecule has 0 spiro atoms. The summed E-state index contributed by atoms with van der Waals surface area (Å²) in [6, 6.07) is 0. The Bertz CT molecular complexity index is 1920. The van der Waals surface area contributed by atoms with Gasteiger partial charge in [-0.2, -0.15) is 0 Å². The van der Waals surface area contributed by atoms with Crippen LogP contribution in [0.15, 0.2) is 0 Å². The van der Waals surface area contributed by atoms with Gasteiger partial charge in [0.25, 0.3) is 0 Å². The molecule has 93 heavy (non-hydrogen) atoms. The van der Waals surface area contributed by atoms with Crippen LogP contribution < -0.4 is 43.4 Å². The molecule has 35 heteroatoms. The molecule has 6 aliphatic heterocycles. The van der Waals surface area contributed by atoms with Gasteiger partial charge in [-0.05, 0) is 92.3 Å². The smallest absolute Gasteiger partial charge is 0.187 e. The van der Waals surface area contributed by atoms with Crippen LogP contribution in [0.2, 0.25) is 0 Å². The molecule has 0 bridgehead atoms. The number of hydrogen-bond acceptors (Lipinski definition) is 35. The second kappa shape index (κ2) is 44.7. The van der Waals surface area contributed by atoms with E-state index in [0.29, 0.717) is 58.9 Å². The van der Waals surface area contributed by atoms with E-state index in [0.717, 1.165) is 58.4 Å². The summed E-state index contributed by atoms with van der Waals surface area (Å²) in [6.07, 6.45) is -29.0. The summed E-state index contributed by atoms with van der Waals surface area (Å²) < 4.78 is 67.1. The average molecular weight is 1360 g/mol. The van der Waals surface area contributed by atoms with Gasteiger partial charge in [0.05, 0.1) is 38.1 Å². The van der Waals surface area contributed by atoms with Crippen LogP contribution in [0.4, 0.5) is 0 Å². The molecule has 0 aromatic carbocycles. The van der Waals surface area contributed by atoms with Crippen molar-refractivity contribution in [2.75, 3.05) is 133 Å². The Hall–Kier alpha value is -1.40. The van der Waals surface area contributed by atoms with Crippen molar-refractivity contribution < 1.29 is 133 Å². The van der Waals surface area contributed by atoms with Crippen LogP contribution >= 0.6 is 0 Å². The summed E-state index contributed by atoms with van der Waals surface area (Å²) in [4.78, 5) is 0. The highest BCUT2D eigenvalue weighted by molar-refractivity contribution is 4.99. The van der Waals surface area contributed by atoms with Crippen LogP contribution in [0.1, 0.15) is 53.4 Å². The molecular weight excluding hydrogens is 1240 g/mol. The zero-order chi connectivity index (χ0) is 68.9. The first kappa shape index (κ1) is 84.0. The number of nitrogens with one attached hydrogen (secondary N) is 6. The molecule has 35 nitrogen and oxygen atoms in total. The van der Waals surface area contributed by atoms with E-state index >= 15 is 0 Å². The molecule has 0 amide bonds. The summed E-state index contributed by atoms with van der Waals surface area (Å²) in [7, 11) is 4.24. The van der Waals surface area contributed by atoms with Crippen LogP contribution in [0, 0.1) is 0 Å². The molecule has 6 aliphatic rings. The molecule has 552 valence electrons.